The molecule has 7 rings (SSSR count). The monoisotopic (exact) mass is 408 g/mol. The Balaban J connectivity index is 1.66. The Bertz CT molecular complexity index is 1580. The maximum Gasteiger partial charge on any atom is 0.0459 e. The molecule has 0 bridgehead atoms. The molecule has 3 aromatic carbocycles. The van der Waals surface area contributed by atoms with Crippen LogP contribution >= 0.6 is 22.7 Å². The summed E-state index contributed by atoms with van der Waals surface area (Å²) in [5, 5.41) is 10.3. The molecule has 0 aliphatic heterocycles. The summed E-state index contributed by atoms with van der Waals surface area (Å²) in [6.45, 7) is 2.20. The van der Waals surface area contributed by atoms with E-state index in [1.54, 1.807) is 10.8 Å². The number of fused-ring (bicyclic) bond motifs is 3. The molecule has 0 fully saturated rings. The van der Waals surface area contributed by atoms with Gasteiger partial charge < -0.3 is 0 Å². The molecular weight excluding hydrogens is 388 g/mol. The molecular formula is C27H20S2. The third kappa shape index (κ3) is 2.19. The van der Waals surface area contributed by atoms with Gasteiger partial charge in [-0.2, -0.15) is 0 Å². The quantitative estimate of drug-likeness (QED) is 0.307. The van der Waals surface area contributed by atoms with E-state index in [1.807, 2.05) is 22.7 Å². The van der Waals surface area contributed by atoms with Gasteiger partial charge in [0.15, 0.2) is 0 Å². The van der Waals surface area contributed by atoms with Gasteiger partial charge in [0.2, 0.25) is 0 Å². The maximum atomic E-state index is 2.49. The van der Waals surface area contributed by atoms with Crippen molar-refractivity contribution in [2.45, 2.75) is 32.6 Å². The van der Waals surface area contributed by atoms with Crippen LogP contribution in [-0.4, -0.2) is 0 Å². The van der Waals surface area contributed by atoms with Gasteiger partial charge in [-0.15, -0.1) is 22.7 Å². The van der Waals surface area contributed by atoms with Gasteiger partial charge in [-0.25, -0.2) is 0 Å². The minimum Gasteiger partial charge on any atom is -0.140 e. The van der Waals surface area contributed by atoms with Crippen LogP contribution in [0.15, 0.2) is 42.5 Å². The molecule has 0 radical (unpaired) electrons. The molecule has 0 nitrogen and oxygen atoms in total. The summed E-state index contributed by atoms with van der Waals surface area (Å²) in [5.74, 6) is 0. The van der Waals surface area contributed by atoms with Crippen molar-refractivity contribution >= 4 is 71.3 Å². The molecule has 2 heterocycles. The van der Waals surface area contributed by atoms with E-state index in [0.717, 1.165) is 0 Å². The molecule has 0 atom stereocenters. The fourth-order valence-corrected chi connectivity index (χ4v) is 7.89. The normalized spacial score (nSPS) is 15.7. The summed E-state index contributed by atoms with van der Waals surface area (Å²) in [7, 11) is 0. The first-order valence-corrected chi connectivity index (χ1v) is 12.1. The first kappa shape index (κ1) is 16.4. The summed E-state index contributed by atoms with van der Waals surface area (Å²) in [6, 6.07) is 16.4. The van der Waals surface area contributed by atoms with E-state index in [9.17, 15) is 0 Å². The van der Waals surface area contributed by atoms with E-state index >= 15 is 0 Å². The molecule has 0 N–H and O–H groups in total. The van der Waals surface area contributed by atoms with Crippen LogP contribution in [0.1, 0.15) is 30.6 Å². The van der Waals surface area contributed by atoms with Crippen molar-refractivity contribution in [3.05, 3.63) is 63.0 Å². The highest BCUT2D eigenvalue weighted by Gasteiger charge is 2.17. The third-order valence-corrected chi connectivity index (χ3v) is 8.94. The average Bonchev–Trinajstić information content (AvgIpc) is 3.29. The molecule has 2 heteroatoms. The SMILES string of the molecule is Cc1cc2sc(-c3ccc4c5c6c(c7cccc3c74)=CCCC=6CCC=5)cc2s1. The van der Waals surface area contributed by atoms with E-state index in [2.05, 4.69) is 61.5 Å². The van der Waals surface area contributed by atoms with Gasteiger partial charge >= 0.3 is 0 Å². The molecule has 0 saturated heterocycles. The van der Waals surface area contributed by atoms with Gasteiger partial charge in [0.1, 0.15) is 0 Å². The first-order valence-electron chi connectivity index (χ1n) is 10.5. The molecule has 2 aliphatic carbocycles. The van der Waals surface area contributed by atoms with Crippen LogP contribution in [0.5, 0.6) is 0 Å². The standard InChI is InChI=1S/C27H20S2/c1-15-13-24-25(28-15)14-23(29-24)17-11-12-22-20-8-3-6-16-5-2-7-19(26(16)20)21-10-4-9-18(17)27(21)22/h4,7-14H,2-3,5-6H2,1H3. The lowest BCUT2D eigenvalue weighted by molar-refractivity contribution is 0.956. The summed E-state index contributed by atoms with van der Waals surface area (Å²) < 4.78 is 2.84. The molecule has 140 valence electrons. The second kappa shape index (κ2) is 5.81. The number of rotatable bonds is 1. The van der Waals surface area contributed by atoms with Crippen molar-refractivity contribution in [1.82, 2.24) is 0 Å². The molecule has 5 aromatic rings. The second-order valence-electron chi connectivity index (χ2n) is 8.38. The Morgan fingerprint density at radius 3 is 2.28 bits per heavy atom. The van der Waals surface area contributed by atoms with Gasteiger partial charge in [0.05, 0.1) is 0 Å². The minimum absolute atomic E-state index is 1.19. The number of aryl methyl sites for hydroxylation is 1. The van der Waals surface area contributed by atoms with Gasteiger partial charge in [0, 0.05) is 19.2 Å². The fraction of sp³-hybridized carbons (Fsp3) is 0.185. The van der Waals surface area contributed by atoms with Crippen LogP contribution in [0.4, 0.5) is 0 Å². The number of thiophene rings is 2. The Labute approximate surface area is 177 Å². The Hall–Kier alpha value is -2.42. The zero-order valence-electron chi connectivity index (χ0n) is 16.3. The summed E-state index contributed by atoms with van der Waals surface area (Å²) in [5.41, 5.74) is 3.07. The van der Waals surface area contributed by atoms with Crippen molar-refractivity contribution in [1.29, 1.82) is 0 Å². The van der Waals surface area contributed by atoms with E-state index in [4.69, 9.17) is 0 Å². The fourth-order valence-electron chi connectivity index (χ4n) is 5.54. The molecule has 0 spiro atoms. The van der Waals surface area contributed by atoms with Crippen LogP contribution in [0, 0.1) is 6.92 Å². The van der Waals surface area contributed by atoms with Crippen LogP contribution in [-0.2, 0) is 0 Å². The van der Waals surface area contributed by atoms with Gasteiger partial charge in [-0.3, -0.25) is 0 Å². The zero-order valence-corrected chi connectivity index (χ0v) is 18.0. The summed E-state index contributed by atoms with van der Waals surface area (Å²) >= 11 is 3.84. The lowest BCUT2D eigenvalue weighted by Crippen LogP contribution is -2.44. The summed E-state index contributed by atoms with van der Waals surface area (Å²) in [6.07, 6.45) is 9.84. The molecule has 2 aliphatic rings. The van der Waals surface area contributed by atoms with E-state index in [1.165, 1.54) is 82.4 Å². The minimum atomic E-state index is 1.19. The Morgan fingerprint density at radius 2 is 1.48 bits per heavy atom. The first-order chi connectivity index (χ1) is 14.3. The van der Waals surface area contributed by atoms with Gasteiger partial charge in [-0.05, 0) is 87.5 Å². The predicted molar refractivity (Wildman–Crippen MR) is 130 cm³/mol. The molecule has 2 aromatic heterocycles. The van der Waals surface area contributed by atoms with Crippen molar-refractivity contribution < 1.29 is 0 Å². The highest BCUT2D eigenvalue weighted by molar-refractivity contribution is 7.29. The predicted octanol–water partition coefficient (Wildman–Crippen LogP) is 6.26. The lowest BCUT2D eigenvalue weighted by atomic mass is 9.85. The molecule has 0 amide bonds. The maximum absolute atomic E-state index is 2.49. The van der Waals surface area contributed by atoms with Crippen LogP contribution in [0.3, 0.4) is 0 Å². The molecule has 0 saturated carbocycles. The average molecular weight is 409 g/mol. The van der Waals surface area contributed by atoms with Crippen molar-refractivity contribution in [2.75, 3.05) is 0 Å². The number of hydrogen-bond acceptors (Lipinski definition) is 2. The topological polar surface area (TPSA) is 0 Å². The van der Waals surface area contributed by atoms with Crippen LogP contribution < -0.4 is 15.7 Å². The van der Waals surface area contributed by atoms with Crippen molar-refractivity contribution in [3.63, 3.8) is 0 Å². The van der Waals surface area contributed by atoms with Crippen LogP contribution in [0.2, 0.25) is 0 Å². The highest BCUT2D eigenvalue weighted by Crippen LogP contribution is 2.41. The largest absolute Gasteiger partial charge is 0.140 e. The highest BCUT2D eigenvalue weighted by atomic mass is 32.1. The summed E-state index contributed by atoms with van der Waals surface area (Å²) in [4.78, 5) is 2.80. The number of benzene rings is 3. The zero-order chi connectivity index (χ0) is 19.1. The van der Waals surface area contributed by atoms with E-state index in [-0.39, 0.29) is 0 Å². The van der Waals surface area contributed by atoms with Gasteiger partial charge in [0.25, 0.3) is 0 Å². The third-order valence-electron chi connectivity index (χ3n) is 6.70. The lowest BCUT2D eigenvalue weighted by Gasteiger charge is -2.19. The smallest absolute Gasteiger partial charge is 0.0459 e. The molecule has 29 heavy (non-hydrogen) atoms. The number of hydrogen-bond donors (Lipinski definition) is 0. The van der Waals surface area contributed by atoms with Crippen molar-refractivity contribution in [2.24, 2.45) is 0 Å². The van der Waals surface area contributed by atoms with E-state index in [0.29, 0.717) is 0 Å². The van der Waals surface area contributed by atoms with Crippen molar-refractivity contribution in [3.8, 4) is 10.4 Å². The van der Waals surface area contributed by atoms with Gasteiger partial charge in [-0.1, -0.05) is 48.1 Å². The second-order valence-corrected chi connectivity index (χ2v) is 10.7. The Kier molecular flexibility index (Phi) is 3.28. The molecule has 0 unspecified atom stereocenters. The van der Waals surface area contributed by atoms with E-state index < -0.39 is 0 Å². The van der Waals surface area contributed by atoms with Crippen LogP contribution in [0.25, 0.3) is 59.1 Å². The Morgan fingerprint density at radius 1 is 0.759 bits per heavy atom.